The van der Waals surface area contributed by atoms with Crippen molar-refractivity contribution in [2.75, 3.05) is 0 Å². The van der Waals surface area contributed by atoms with Gasteiger partial charge in [0.15, 0.2) is 5.96 Å². The SMILES string of the molecule is CC(C)(C)NC(N)=NCc1ccccc1Br.I. The minimum absolute atomic E-state index is 0. The van der Waals surface area contributed by atoms with Crippen LogP contribution < -0.4 is 11.1 Å². The highest BCUT2D eigenvalue weighted by Gasteiger charge is 2.09. The molecule has 0 amide bonds. The fourth-order valence-electron chi connectivity index (χ4n) is 1.22. The van der Waals surface area contributed by atoms with Crippen LogP contribution in [0, 0.1) is 0 Å². The molecule has 1 aromatic rings. The maximum Gasteiger partial charge on any atom is 0.189 e. The van der Waals surface area contributed by atoms with Crippen molar-refractivity contribution in [3.05, 3.63) is 34.3 Å². The summed E-state index contributed by atoms with van der Waals surface area (Å²) in [6.45, 7) is 6.73. The van der Waals surface area contributed by atoms with Gasteiger partial charge in [0.2, 0.25) is 0 Å². The number of hydrogen-bond acceptors (Lipinski definition) is 1. The van der Waals surface area contributed by atoms with Gasteiger partial charge in [0.25, 0.3) is 0 Å². The van der Waals surface area contributed by atoms with Crippen LogP contribution in [0.3, 0.4) is 0 Å². The third kappa shape index (κ3) is 6.88. The molecule has 0 atom stereocenters. The zero-order valence-electron chi connectivity index (χ0n) is 10.3. The van der Waals surface area contributed by atoms with Crippen molar-refractivity contribution < 1.29 is 0 Å². The smallest absolute Gasteiger partial charge is 0.189 e. The maximum absolute atomic E-state index is 5.78. The number of halogens is 2. The van der Waals surface area contributed by atoms with Crippen molar-refractivity contribution in [2.45, 2.75) is 32.9 Å². The van der Waals surface area contributed by atoms with E-state index < -0.39 is 0 Å². The first kappa shape index (κ1) is 16.7. The molecule has 0 unspecified atom stereocenters. The fraction of sp³-hybridized carbons (Fsp3) is 0.417. The quantitative estimate of drug-likeness (QED) is 0.445. The molecule has 0 saturated carbocycles. The van der Waals surface area contributed by atoms with Gasteiger partial charge < -0.3 is 11.1 Å². The van der Waals surface area contributed by atoms with Crippen molar-refractivity contribution in [1.29, 1.82) is 0 Å². The zero-order valence-corrected chi connectivity index (χ0v) is 14.2. The number of guanidine groups is 1. The lowest BCUT2D eigenvalue weighted by Crippen LogP contribution is -2.44. The lowest BCUT2D eigenvalue weighted by atomic mass is 10.1. The van der Waals surface area contributed by atoms with E-state index in [4.69, 9.17) is 5.73 Å². The van der Waals surface area contributed by atoms with Crippen molar-refractivity contribution in [3.63, 3.8) is 0 Å². The number of aliphatic imine (C=N–C) groups is 1. The van der Waals surface area contributed by atoms with Gasteiger partial charge in [-0.25, -0.2) is 4.99 Å². The van der Waals surface area contributed by atoms with Crippen LogP contribution in [0.15, 0.2) is 33.7 Å². The Balaban J connectivity index is 0.00000256. The molecule has 0 heterocycles. The molecule has 0 fully saturated rings. The van der Waals surface area contributed by atoms with E-state index in [2.05, 4.69) is 26.2 Å². The fourth-order valence-corrected chi connectivity index (χ4v) is 1.63. The largest absolute Gasteiger partial charge is 0.370 e. The molecule has 0 spiro atoms. The van der Waals surface area contributed by atoms with Crippen LogP contribution in [-0.4, -0.2) is 11.5 Å². The maximum atomic E-state index is 5.78. The number of nitrogens with one attached hydrogen (secondary N) is 1. The van der Waals surface area contributed by atoms with Gasteiger partial charge in [0.05, 0.1) is 6.54 Å². The standard InChI is InChI=1S/C12H18BrN3.HI/c1-12(2,3)16-11(14)15-8-9-6-4-5-7-10(9)13;/h4-7H,8H2,1-3H3,(H3,14,15,16);1H. The Morgan fingerprint density at radius 1 is 1.35 bits per heavy atom. The third-order valence-corrected chi connectivity index (χ3v) is 2.65. The van der Waals surface area contributed by atoms with Crippen molar-refractivity contribution >= 4 is 45.9 Å². The van der Waals surface area contributed by atoms with E-state index in [0.717, 1.165) is 10.0 Å². The van der Waals surface area contributed by atoms with Crippen LogP contribution in [-0.2, 0) is 6.54 Å². The summed E-state index contributed by atoms with van der Waals surface area (Å²) >= 11 is 3.48. The van der Waals surface area contributed by atoms with E-state index in [1.807, 2.05) is 45.0 Å². The zero-order chi connectivity index (χ0) is 12.2. The molecule has 0 bridgehead atoms. The highest BCUT2D eigenvalue weighted by molar-refractivity contribution is 14.0. The van der Waals surface area contributed by atoms with Crippen LogP contribution in [0.1, 0.15) is 26.3 Å². The molecule has 0 saturated heterocycles. The minimum atomic E-state index is -0.0541. The Bertz CT molecular complexity index is 386. The predicted molar refractivity (Wildman–Crippen MR) is 87.8 cm³/mol. The molecule has 17 heavy (non-hydrogen) atoms. The molecular weight excluding hydrogens is 393 g/mol. The molecule has 3 nitrogen and oxygen atoms in total. The Kier molecular flexibility index (Phi) is 7.08. The Labute approximate surface area is 128 Å². The summed E-state index contributed by atoms with van der Waals surface area (Å²) < 4.78 is 1.06. The van der Waals surface area contributed by atoms with Gasteiger partial charge in [-0.2, -0.15) is 0 Å². The highest BCUT2D eigenvalue weighted by Crippen LogP contribution is 2.16. The minimum Gasteiger partial charge on any atom is -0.370 e. The van der Waals surface area contributed by atoms with Gasteiger partial charge in [-0.3, -0.25) is 0 Å². The van der Waals surface area contributed by atoms with E-state index in [-0.39, 0.29) is 29.5 Å². The van der Waals surface area contributed by atoms with Crippen molar-refractivity contribution in [2.24, 2.45) is 10.7 Å². The molecule has 3 N–H and O–H groups in total. The first-order valence-corrected chi connectivity index (χ1v) is 5.99. The molecule has 1 aromatic carbocycles. The number of nitrogens with zero attached hydrogens (tertiary/aromatic N) is 1. The molecule has 96 valence electrons. The molecule has 0 aliphatic carbocycles. The van der Waals surface area contributed by atoms with Gasteiger partial charge in [-0.05, 0) is 32.4 Å². The second-order valence-corrected chi connectivity index (χ2v) is 5.52. The second-order valence-electron chi connectivity index (χ2n) is 4.67. The molecule has 5 heteroatoms. The van der Waals surface area contributed by atoms with E-state index in [0.29, 0.717) is 12.5 Å². The van der Waals surface area contributed by atoms with Crippen molar-refractivity contribution in [1.82, 2.24) is 5.32 Å². The van der Waals surface area contributed by atoms with Gasteiger partial charge in [-0.1, -0.05) is 34.1 Å². The first-order chi connectivity index (χ1) is 7.38. The van der Waals surface area contributed by atoms with E-state index in [1.54, 1.807) is 0 Å². The summed E-state index contributed by atoms with van der Waals surface area (Å²) in [5.41, 5.74) is 6.85. The number of nitrogens with two attached hydrogens (primary N) is 1. The van der Waals surface area contributed by atoms with Crippen molar-refractivity contribution in [3.8, 4) is 0 Å². The van der Waals surface area contributed by atoms with Crippen LogP contribution >= 0.6 is 39.9 Å². The summed E-state index contributed by atoms with van der Waals surface area (Å²) in [4.78, 5) is 4.29. The summed E-state index contributed by atoms with van der Waals surface area (Å²) in [5.74, 6) is 0.475. The Morgan fingerprint density at radius 2 is 1.94 bits per heavy atom. The molecule has 1 rings (SSSR count). The Morgan fingerprint density at radius 3 is 2.47 bits per heavy atom. The van der Waals surface area contributed by atoms with Crippen LogP contribution in [0.2, 0.25) is 0 Å². The third-order valence-electron chi connectivity index (χ3n) is 1.88. The van der Waals surface area contributed by atoms with E-state index in [1.165, 1.54) is 0 Å². The normalized spacial score (nSPS) is 11.9. The van der Waals surface area contributed by atoms with Crippen LogP contribution in [0.25, 0.3) is 0 Å². The van der Waals surface area contributed by atoms with Gasteiger partial charge in [0.1, 0.15) is 0 Å². The van der Waals surface area contributed by atoms with E-state index >= 15 is 0 Å². The lowest BCUT2D eigenvalue weighted by Gasteiger charge is -2.21. The summed E-state index contributed by atoms with van der Waals surface area (Å²) in [6.07, 6.45) is 0. The van der Waals surface area contributed by atoms with Gasteiger partial charge in [0, 0.05) is 10.0 Å². The molecule has 0 aliphatic heterocycles. The topological polar surface area (TPSA) is 50.4 Å². The molecular formula is C12H19BrIN3. The first-order valence-electron chi connectivity index (χ1n) is 5.20. The summed E-state index contributed by atoms with van der Waals surface area (Å²) in [5, 5.41) is 3.12. The van der Waals surface area contributed by atoms with E-state index in [9.17, 15) is 0 Å². The highest BCUT2D eigenvalue weighted by atomic mass is 127. The molecule has 0 aliphatic rings. The van der Waals surface area contributed by atoms with Crippen LogP contribution in [0.5, 0.6) is 0 Å². The molecule has 0 aromatic heterocycles. The second kappa shape index (κ2) is 7.20. The average Bonchev–Trinajstić information content (AvgIpc) is 2.14. The number of hydrogen-bond donors (Lipinski definition) is 2. The number of benzene rings is 1. The van der Waals surface area contributed by atoms with Crippen LogP contribution in [0.4, 0.5) is 0 Å². The summed E-state index contributed by atoms with van der Waals surface area (Å²) in [7, 11) is 0. The monoisotopic (exact) mass is 411 g/mol. The average molecular weight is 412 g/mol. The molecule has 0 radical (unpaired) electrons. The van der Waals surface area contributed by atoms with Gasteiger partial charge >= 0.3 is 0 Å². The van der Waals surface area contributed by atoms with Gasteiger partial charge in [-0.15, -0.1) is 24.0 Å². The number of rotatable bonds is 2. The summed E-state index contributed by atoms with van der Waals surface area (Å²) in [6, 6.07) is 7.99. The Hall–Kier alpha value is -0.300. The lowest BCUT2D eigenvalue weighted by molar-refractivity contribution is 0.508. The predicted octanol–water partition coefficient (Wildman–Crippen LogP) is 3.27.